The summed E-state index contributed by atoms with van der Waals surface area (Å²) in [5.74, 6) is 0.980. The standard InChI is InChI=1S/C29H37N3O2/c1-21-25-13-14-32(29(33)34-20-22-7-3-2-4-8-22)28(21)27-19-24(11-12-26(25)27)31-17-15-30(16-18-31)23-9-5-6-10-23/h2-4,7-8,11-12,19,21,23,25,28H,5-6,9-10,13-18,20H2,1H3/t21-,25?,28?/m0/s1. The molecule has 2 heterocycles. The highest BCUT2D eigenvalue weighted by Gasteiger charge is 2.47. The van der Waals surface area contributed by atoms with Crippen LogP contribution in [0.4, 0.5) is 10.5 Å². The fraction of sp³-hybridized carbons (Fsp3) is 0.552. The number of piperazine rings is 1. The second-order valence-corrected chi connectivity index (χ2v) is 10.7. The molecule has 1 amide bonds. The molecule has 6 rings (SSSR count). The van der Waals surface area contributed by atoms with E-state index in [4.69, 9.17) is 4.74 Å². The van der Waals surface area contributed by atoms with Crippen molar-refractivity contribution in [3.8, 4) is 0 Å². The summed E-state index contributed by atoms with van der Waals surface area (Å²) in [6, 6.07) is 18.0. The van der Waals surface area contributed by atoms with E-state index in [-0.39, 0.29) is 12.1 Å². The Balaban J connectivity index is 1.17. The van der Waals surface area contributed by atoms with Crippen LogP contribution in [0.15, 0.2) is 48.5 Å². The quantitative estimate of drug-likeness (QED) is 0.599. The predicted molar refractivity (Wildman–Crippen MR) is 135 cm³/mol. The van der Waals surface area contributed by atoms with Crippen molar-refractivity contribution in [2.24, 2.45) is 5.92 Å². The van der Waals surface area contributed by atoms with Crippen LogP contribution in [0.3, 0.4) is 0 Å². The van der Waals surface area contributed by atoms with Gasteiger partial charge in [0.2, 0.25) is 0 Å². The van der Waals surface area contributed by atoms with E-state index in [9.17, 15) is 4.79 Å². The van der Waals surface area contributed by atoms with Crippen LogP contribution in [0.5, 0.6) is 0 Å². The molecule has 2 aliphatic heterocycles. The number of carbonyl (C=O) groups is 1. The first-order valence-corrected chi connectivity index (χ1v) is 13.3. The second-order valence-electron chi connectivity index (χ2n) is 10.7. The maximum atomic E-state index is 13.2. The fourth-order valence-corrected chi connectivity index (χ4v) is 7.05. The molecule has 34 heavy (non-hydrogen) atoms. The van der Waals surface area contributed by atoms with E-state index < -0.39 is 0 Å². The van der Waals surface area contributed by atoms with Crippen molar-refractivity contribution in [2.75, 3.05) is 37.6 Å². The monoisotopic (exact) mass is 459 g/mol. The summed E-state index contributed by atoms with van der Waals surface area (Å²) in [7, 11) is 0. The predicted octanol–water partition coefficient (Wildman–Crippen LogP) is 5.57. The van der Waals surface area contributed by atoms with Gasteiger partial charge in [-0.05, 0) is 59.9 Å². The lowest BCUT2D eigenvalue weighted by atomic mass is 9.86. The zero-order valence-electron chi connectivity index (χ0n) is 20.4. The molecule has 2 aromatic carbocycles. The van der Waals surface area contributed by atoms with Crippen LogP contribution in [-0.2, 0) is 11.3 Å². The van der Waals surface area contributed by atoms with E-state index in [0.717, 1.165) is 37.7 Å². The average Bonchev–Trinajstić information content (AvgIpc) is 3.47. The molecule has 2 unspecified atom stereocenters. The lowest BCUT2D eigenvalue weighted by molar-refractivity contribution is 0.0531. The molecule has 3 fully saturated rings. The molecule has 5 heteroatoms. The molecule has 0 radical (unpaired) electrons. The molecule has 0 aromatic heterocycles. The number of nitrogens with zero attached hydrogens (tertiary/aromatic N) is 3. The number of rotatable bonds is 4. The van der Waals surface area contributed by atoms with E-state index in [1.807, 2.05) is 35.2 Å². The molecule has 2 aromatic rings. The van der Waals surface area contributed by atoms with Gasteiger partial charge >= 0.3 is 6.09 Å². The smallest absolute Gasteiger partial charge is 0.410 e. The van der Waals surface area contributed by atoms with Gasteiger partial charge in [-0.2, -0.15) is 0 Å². The highest BCUT2D eigenvalue weighted by atomic mass is 16.6. The van der Waals surface area contributed by atoms with E-state index >= 15 is 0 Å². The fourth-order valence-electron chi connectivity index (χ4n) is 7.05. The Hall–Kier alpha value is -2.53. The molecule has 5 nitrogen and oxygen atoms in total. The lowest BCUT2D eigenvalue weighted by Crippen LogP contribution is -2.49. The summed E-state index contributed by atoms with van der Waals surface area (Å²) in [4.78, 5) is 20.4. The third-order valence-electron chi connectivity index (χ3n) is 8.90. The molecule has 1 saturated carbocycles. The van der Waals surface area contributed by atoms with Gasteiger partial charge in [0.15, 0.2) is 0 Å². The second kappa shape index (κ2) is 9.26. The average molecular weight is 460 g/mol. The van der Waals surface area contributed by atoms with Crippen LogP contribution in [0, 0.1) is 5.92 Å². The zero-order valence-corrected chi connectivity index (χ0v) is 20.4. The Kier molecular flexibility index (Phi) is 5.98. The van der Waals surface area contributed by atoms with Crippen molar-refractivity contribution in [1.82, 2.24) is 9.80 Å². The van der Waals surface area contributed by atoms with Crippen molar-refractivity contribution >= 4 is 11.8 Å². The summed E-state index contributed by atoms with van der Waals surface area (Å²) >= 11 is 0. The minimum atomic E-state index is -0.178. The van der Waals surface area contributed by atoms with Crippen molar-refractivity contribution in [3.63, 3.8) is 0 Å². The maximum absolute atomic E-state index is 13.2. The normalized spacial score (nSPS) is 27.1. The highest BCUT2D eigenvalue weighted by molar-refractivity contribution is 5.70. The molecule has 2 bridgehead atoms. The number of hydrogen-bond donors (Lipinski definition) is 0. The van der Waals surface area contributed by atoms with Gasteiger partial charge in [-0.15, -0.1) is 0 Å². The number of ether oxygens (including phenoxy) is 1. The summed E-state index contributed by atoms with van der Waals surface area (Å²) < 4.78 is 5.76. The molecule has 0 spiro atoms. The highest BCUT2D eigenvalue weighted by Crippen LogP contribution is 2.53. The summed E-state index contributed by atoms with van der Waals surface area (Å²) in [5.41, 5.74) is 5.15. The van der Waals surface area contributed by atoms with E-state index in [1.54, 1.807) is 0 Å². The molecule has 2 aliphatic carbocycles. The minimum absolute atomic E-state index is 0.122. The van der Waals surface area contributed by atoms with Gasteiger partial charge in [0.25, 0.3) is 0 Å². The maximum Gasteiger partial charge on any atom is 0.410 e. The van der Waals surface area contributed by atoms with E-state index in [1.165, 1.54) is 55.6 Å². The Labute approximate surface area is 203 Å². The molecular formula is C29H37N3O2. The number of hydrogen-bond acceptors (Lipinski definition) is 4. The molecule has 3 atom stereocenters. The number of likely N-dealkylation sites (tertiary alicyclic amines) is 1. The van der Waals surface area contributed by atoms with Crippen LogP contribution in [-0.4, -0.2) is 54.7 Å². The Bertz CT molecular complexity index is 1010. The first-order chi connectivity index (χ1) is 16.7. The molecule has 0 N–H and O–H groups in total. The number of amides is 1. The molecular weight excluding hydrogens is 422 g/mol. The molecule has 4 aliphatic rings. The lowest BCUT2D eigenvalue weighted by Gasteiger charge is -2.39. The van der Waals surface area contributed by atoms with Crippen molar-refractivity contribution in [2.45, 2.75) is 63.6 Å². The SMILES string of the molecule is C[C@H]1C2CCN(C(=O)OCc3ccccc3)C1c1cc(N3CCN(C4CCCC4)CC3)ccc12. The largest absolute Gasteiger partial charge is 0.445 e. The van der Waals surface area contributed by atoms with Crippen LogP contribution in [0.1, 0.15) is 67.7 Å². The van der Waals surface area contributed by atoms with Gasteiger partial charge in [-0.3, -0.25) is 4.90 Å². The molecule has 2 saturated heterocycles. The third-order valence-corrected chi connectivity index (χ3v) is 8.90. The Morgan fingerprint density at radius 1 is 0.912 bits per heavy atom. The number of carbonyl (C=O) groups excluding carboxylic acids is 1. The van der Waals surface area contributed by atoms with Gasteiger partial charge in [-0.1, -0.05) is 56.2 Å². The number of piperidine rings is 1. The Morgan fingerprint density at radius 2 is 1.68 bits per heavy atom. The summed E-state index contributed by atoms with van der Waals surface area (Å²) in [6.07, 6.45) is 6.42. The first kappa shape index (κ1) is 22.0. The van der Waals surface area contributed by atoms with Crippen LogP contribution >= 0.6 is 0 Å². The van der Waals surface area contributed by atoms with Crippen LogP contribution < -0.4 is 4.90 Å². The van der Waals surface area contributed by atoms with Gasteiger partial charge in [0, 0.05) is 44.5 Å². The number of fused-ring (bicyclic) bond motifs is 5. The number of anilines is 1. The minimum Gasteiger partial charge on any atom is -0.445 e. The van der Waals surface area contributed by atoms with E-state index in [0.29, 0.717) is 18.4 Å². The van der Waals surface area contributed by atoms with Gasteiger partial charge in [0.1, 0.15) is 6.61 Å². The summed E-state index contributed by atoms with van der Waals surface area (Å²) in [6.45, 7) is 7.95. The van der Waals surface area contributed by atoms with Crippen molar-refractivity contribution in [1.29, 1.82) is 0 Å². The topological polar surface area (TPSA) is 36.0 Å². The third kappa shape index (κ3) is 3.98. The number of benzene rings is 2. The van der Waals surface area contributed by atoms with Crippen molar-refractivity contribution in [3.05, 3.63) is 65.2 Å². The van der Waals surface area contributed by atoms with Gasteiger partial charge in [0.05, 0.1) is 6.04 Å². The van der Waals surface area contributed by atoms with Gasteiger partial charge in [-0.25, -0.2) is 4.79 Å². The molecule has 180 valence electrons. The summed E-state index contributed by atoms with van der Waals surface area (Å²) in [5, 5.41) is 0. The Morgan fingerprint density at radius 3 is 2.44 bits per heavy atom. The van der Waals surface area contributed by atoms with Crippen LogP contribution in [0.25, 0.3) is 0 Å². The zero-order chi connectivity index (χ0) is 23.1. The van der Waals surface area contributed by atoms with Crippen molar-refractivity contribution < 1.29 is 9.53 Å². The van der Waals surface area contributed by atoms with Gasteiger partial charge < -0.3 is 14.5 Å². The first-order valence-electron chi connectivity index (χ1n) is 13.3. The van der Waals surface area contributed by atoms with E-state index in [2.05, 4.69) is 34.9 Å². The van der Waals surface area contributed by atoms with Crippen LogP contribution in [0.2, 0.25) is 0 Å².